The first-order valence-electron chi connectivity index (χ1n) is 11.1. The molecule has 3 aromatic heterocycles. The van der Waals surface area contributed by atoms with Gasteiger partial charge in [0.2, 0.25) is 0 Å². The van der Waals surface area contributed by atoms with Crippen molar-refractivity contribution in [1.29, 1.82) is 5.26 Å². The summed E-state index contributed by atoms with van der Waals surface area (Å²) in [5, 5.41) is 13.8. The monoisotopic (exact) mass is 435 g/mol. The number of hydrogen-bond donors (Lipinski definition) is 0. The summed E-state index contributed by atoms with van der Waals surface area (Å²) in [7, 11) is 0. The summed E-state index contributed by atoms with van der Waals surface area (Å²) in [5.74, 6) is 0. The van der Waals surface area contributed by atoms with E-state index in [-0.39, 0.29) is 0 Å². The van der Waals surface area contributed by atoms with Crippen LogP contribution in [0.25, 0.3) is 60.6 Å². The molecule has 7 rings (SSSR count). The number of fused-ring (bicyclic) bond motifs is 7. The lowest BCUT2D eigenvalue weighted by molar-refractivity contribution is 0.669. The largest absolute Gasteiger partial charge is 0.456 e. The number of hydrogen-bond acceptors (Lipinski definition) is 3. The van der Waals surface area contributed by atoms with Crippen LogP contribution in [0.5, 0.6) is 0 Å². The van der Waals surface area contributed by atoms with E-state index in [9.17, 15) is 0 Å². The van der Waals surface area contributed by atoms with E-state index < -0.39 is 0 Å². The van der Waals surface area contributed by atoms with Gasteiger partial charge in [-0.2, -0.15) is 5.26 Å². The molecule has 4 heteroatoms. The number of nitrogens with zero attached hydrogens (tertiary/aromatic N) is 3. The minimum Gasteiger partial charge on any atom is -0.456 e. The van der Waals surface area contributed by atoms with Gasteiger partial charge in [0, 0.05) is 38.9 Å². The first-order valence-corrected chi connectivity index (χ1v) is 11.1. The number of benzene rings is 4. The van der Waals surface area contributed by atoms with E-state index in [0.717, 1.165) is 49.8 Å². The first-order chi connectivity index (χ1) is 16.8. The fraction of sp³-hybridized carbons (Fsp3) is 0. The van der Waals surface area contributed by atoms with Gasteiger partial charge in [0.15, 0.2) is 0 Å². The Morgan fingerprint density at radius 2 is 1.47 bits per heavy atom. The van der Waals surface area contributed by atoms with Gasteiger partial charge in [0.05, 0.1) is 16.7 Å². The van der Waals surface area contributed by atoms with Crippen LogP contribution in [-0.2, 0) is 0 Å². The zero-order valence-electron chi connectivity index (χ0n) is 18.1. The molecule has 0 fully saturated rings. The van der Waals surface area contributed by atoms with Crippen LogP contribution in [0.15, 0.2) is 108 Å². The highest BCUT2D eigenvalue weighted by molar-refractivity contribution is 6.27. The van der Waals surface area contributed by atoms with E-state index in [1.165, 1.54) is 10.8 Å². The molecule has 158 valence electrons. The van der Waals surface area contributed by atoms with E-state index in [2.05, 4.69) is 82.4 Å². The van der Waals surface area contributed by atoms with Crippen molar-refractivity contribution in [3.63, 3.8) is 0 Å². The van der Waals surface area contributed by atoms with Gasteiger partial charge in [0.25, 0.3) is 0 Å². The molecule has 7 aromatic rings. The highest BCUT2D eigenvalue weighted by Crippen LogP contribution is 2.42. The van der Waals surface area contributed by atoms with Crippen molar-refractivity contribution in [3.8, 4) is 22.9 Å². The van der Waals surface area contributed by atoms with Crippen LogP contribution < -0.4 is 0 Å². The first kappa shape index (κ1) is 18.7. The molecular formula is C30H17N3O. The van der Waals surface area contributed by atoms with Crippen molar-refractivity contribution in [2.45, 2.75) is 0 Å². The average Bonchev–Trinajstić information content (AvgIpc) is 3.44. The van der Waals surface area contributed by atoms with E-state index in [4.69, 9.17) is 9.68 Å². The maximum atomic E-state index is 9.16. The van der Waals surface area contributed by atoms with Gasteiger partial charge in [-0.1, -0.05) is 54.6 Å². The number of aromatic nitrogens is 2. The second-order valence-electron chi connectivity index (χ2n) is 8.34. The topological polar surface area (TPSA) is 54.8 Å². The molecule has 0 spiro atoms. The van der Waals surface area contributed by atoms with Crippen LogP contribution in [0.1, 0.15) is 5.69 Å². The molecular weight excluding hydrogens is 418 g/mol. The van der Waals surface area contributed by atoms with Crippen LogP contribution in [0.3, 0.4) is 0 Å². The lowest BCUT2D eigenvalue weighted by Crippen LogP contribution is -1.97. The standard InChI is InChI=1S/C30H17N3O/c31-17-20-14-13-19(18-32-20)21-7-1-4-10-24(21)33-25-11-5-2-8-22(25)29-26(33)15-16-28-30(29)23-9-3-6-12-27(23)34-28/h1-16,18H. The SMILES string of the molecule is N#Cc1ccc(-c2ccccc2-n2c3ccccc3c3c4c(ccc32)oc2ccccc24)cn1. The molecule has 0 radical (unpaired) electrons. The molecule has 0 aliphatic heterocycles. The number of nitriles is 1. The summed E-state index contributed by atoms with van der Waals surface area (Å²) >= 11 is 0. The maximum Gasteiger partial charge on any atom is 0.140 e. The summed E-state index contributed by atoms with van der Waals surface area (Å²) in [4.78, 5) is 4.31. The van der Waals surface area contributed by atoms with Crippen molar-refractivity contribution in [2.24, 2.45) is 0 Å². The van der Waals surface area contributed by atoms with Crippen molar-refractivity contribution in [1.82, 2.24) is 9.55 Å². The number of furan rings is 1. The Morgan fingerprint density at radius 3 is 2.32 bits per heavy atom. The predicted octanol–water partition coefficient (Wildman–Crippen LogP) is 7.62. The summed E-state index contributed by atoms with van der Waals surface area (Å²) in [6.07, 6.45) is 1.77. The maximum absolute atomic E-state index is 9.16. The van der Waals surface area contributed by atoms with Crippen molar-refractivity contribution >= 4 is 43.7 Å². The highest BCUT2D eigenvalue weighted by atomic mass is 16.3. The van der Waals surface area contributed by atoms with Gasteiger partial charge in [-0.25, -0.2) is 4.98 Å². The number of rotatable bonds is 2. The second kappa shape index (κ2) is 7.06. The molecule has 3 heterocycles. The van der Waals surface area contributed by atoms with Crippen molar-refractivity contribution in [2.75, 3.05) is 0 Å². The smallest absolute Gasteiger partial charge is 0.140 e. The Hall–Kier alpha value is -4.88. The summed E-state index contributed by atoms with van der Waals surface area (Å²) < 4.78 is 8.51. The van der Waals surface area contributed by atoms with Crippen LogP contribution >= 0.6 is 0 Å². The third-order valence-corrected chi connectivity index (χ3v) is 6.51. The Balaban J connectivity index is 1.62. The Kier molecular flexibility index (Phi) is 3.88. The lowest BCUT2D eigenvalue weighted by atomic mass is 10.0. The van der Waals surface area contributed by atoms with Crippen LogP contribution in [0.4, 0.5) is 0 Å². The predicted molar refractivity (Wildman–Crippen MR) is 136 cm³/mol. The minimum atomic E-state index is 0.410. The molecule has 0 aliphatic carbocycles. The molecule has 34 heavy (non-hydrogen) atoms. The van der Waals surface area contributed by atoms with E-state index in [0.29, 0.717) is 5.69 Å². The molecule has 0 bridgehead atoms. The van der Waals surface area contributed by atoms with Crippen LogP contribution in [0, 0.1) is 11.3 Å². The zero-order valence-corrected chi connectivity index (χ0v) is 18.1. The lowest BCUT2D eigenvalue weighted by Gasteiger charge is -2.13. The molecule has 4 aromatic carbocycles. The van der Waals surface area contributed by atoms with Crippen LogP contribution in [0.2, 0.25) is 0 Å². The minimum absolute atomic E-state index is 0.410. The molecule has 4 nitrogen and oxygen atoms in total. The van der Waals surface area contributed by atoms with Gasteiger partial charge < -0.3 is 8.98 Å². The molecule has 0 N–H and O–H groups in total. The highest BCUT2D eigenvalue weighted by Gasteiger charge is 2.19. The Bertz CT molecular complexity index is 1920. The van der Waals surface area contributed by atoms with E-state index >= 15 is 0 Å². The zero-order chi connectivity index (χ0) is 22.6. The summed E-state index contributed by atoms with van der Waals surface area (Å²) in [5.41, 5.74) is 7.53. The summed E-state index contributed by atoms with van der Waals surface area (Å²) in [6.45, 7) is 0. The molecule has 0 atom stereocenters. The quantitative estimate of drug-likeness (QED) is 0.281. The number of para-hydroxylation sites is 3. The van der Waals surface area contributed by atoms with Gasteiger partial charge in [-0.05, 0) is 42.5 Å². The summed E-state index contributed by atoms with van der Waals surface area (Å²) in [6, 6.07) is 35.1. The van der Waals surface area contributed by atoms with Gasteiger partial charge in [0.1, 0.15) is 22.9 Å². The van der Waals surface area contributed by atoms with Gasteiger partial charge in [-0.3, -0.25) is 0 Å². The third kappa shape index (κ3) is 2.55. The van der Waals surface area contributed by atoms with Crippen molar-refractivity contribution < 1.29 is 4.42 Å². The average molecular weight is 435 g/mol. The van der Waals surface area contributed by atoms with Gasteiger partial charge in [-0.15, -0.1) is 0 Å². The third-order valence-electron chi connectivity index (χ3n) is 6.51. The fourth-order valence-electron chi connectivity index (χ4n) is 5.07. The molecule has 0 unspecified atom stereocenters. The fourth-order valence-corrected chi connectivity index (χ4v) is 5.07. The van der Waals surface area contributed by atoms with E-state index in [1.54, 1.807) is 12.3 Å². The molecule has 0 saturated heterocycles. The number of pyridine rings is 1. The Labute approximate surface area is 194 Å². The van der Waals surface area contributed by atoms with Gasteiger partial charge >= 0.3 is 0 Å². The van der Waals surface area contributed by atoms with Crippen LogP contribution in [-0.4, -0.2) is 9.55 Å². The van der Waals surface area contributed by atoms with Crippen molar-refractivity contribution in [3.05, 3.63) is 109 Å². The molecule has 0 aliphatic rings. The normalized spacial score (nSPS) is 11.5. The van der Waals surface area contributed by atoms with E-state index in [1.807, 2.05) is 24.3 Å². The molecule has 0 amide bonds. The molecule has 0 saturated carbocycles. The second-order valence-corrected chi connectivity index (χ2v) is 8.34. The Morgan fingerprint density at radius 1 is 0.676 bits per heavy atom.